The van der Waals surface area contributed by atoms with Crippen LogP contribution >= 0.6 is 0 Å². The molecule has 0 radical (unpaired) electrons. The lowest BCUT2D eigenvalue weighted by Gasteiger charge is -2.33. The quantitative estimate of drug-likeness (QED) is 0.667. The van der Waals surface area contributed by atoms with Crippen LogP contribution < -0.4 is 19.9 Å². The summed E-state index contributed by atoms with van der Waals surface area (Å²) in [5, 5.41) is 3.09. The molecule has 154 valence electrons. The highest BCUT2D eigenvalue weighted by Gasteiger charge is 2.20. The normalized spacial score (nSPS) is 14.4. The van der Waals surface area contributed by atoms with Gasteiger partial charge < -0.3 is 19.9 Å². The number of ether oxygens (including phenoxy) is 1. The topological polar surface area (TPSA) is 46.0 Å². The predicted molar refractivity (Wildman–Crippen MR) is 120 cm³/mol. The average molecular weight is 403 g/mol. The Hall–Kier alpha value is -3.31. The number of piperazine rings is 1. The minimum atomic E-state index is -0.132. The molecule has 0 unspecified atom stereocenters. The van der Waals surface area contributed by atoms with E-state index in [1.165, 1.54) is 0 Å². The van der Waals surface area contributed by atoms with Gasteiger partial charge in [-0.15, -0.1) is 0 Å². The third-order valence-corrected chi connectivity index (χ3v) is 5.45. The first kappa shape index (κ1) is 20.0. The van der Waals surface area contributed by atoms with Gasteiger partial charge in [0.05, 0.1) is 44.6 Å². The molecule has 30 heavy (non-hydrogen) atoms. The maximum atomic E-state index is 12.9. The molecule has 1 aliphatic rings. The number of benzene rings is 3. The number of nitrogens with zero attached hydrogens (tertiary/aromatic N) is 1. The second kappa shape index (κ2) is 9.46. The Morgan fingerprint density at radius 2 is 1.70 bits per heavy atom. The summed E-state index contributed by atoms with van der Waals surface area (Å²) in [6, 6.07) is 25.4. The molecule has 0 bridgehead atoms. The van der Waals surface area contributed by atoms with Crippen molar-refractivity contribution >= 4 is 17.3 Å². The molecule has 0 aliphatic carbocycles. The number of carbonyl (C=O) groups is 1. The Labute approximate surface area is 177 Å². The SMILES string of the molecule is C[NH+]1CCN(c2ccccc2NC(=O)c2cccc(OCc3ccccc3)c2)CC1. The molecule has 1 fully saturated rings. The summed E-state index contributed by atoms with van der Waals surface area (Å²) < 4.78 is 5.87. The van der Waals surface area contributed by atoms with Crippen LogP contribution in [0.15, 0.2) is 78.9 Å². The van der Waals surface area contributed by atoms with Crippen LogP contribution in [-0.4, -0.2) is 39.1 Å². The van der Waals surface area contributed by atoms with Gasteiger partial charge in [0.2, 0.25) is 0 Å². The van der Waals surface area contributed by atoms with E-state index < -0.39 is 0 Å². The zero-order valence-corrected chi connectivity index (χ0v) is 17.3. The van der Waals surface area contributed by atoms with Crippen molar-refractivity contribution in [2.75, 3.05) is 43.4 Å². The summed E-state index contributed by atoms with van der Waals surface area (Å²) in [6.45, 7) is 4.65. The number of carbonyl (C=O) groups excluding carboxylic acids is 1. The highest BCUT2D eigenvalue weighted by Crippen LogP contribution is 2.26. The molecule has 1 aliphatic heterocycles. The number of likely N-dealkylation sites (N-methyl/N-ethyl adjacent to an activating group) is 1. The molecule has 4 rings (SSSR count). The van der Waals surface area contributed by atoms with Crippen LogP contribution in [0, 0.1) is 0 Å². The molecule has 3 aromatic carbocycles. The third kappa shape index (κ3) is 4.99. The fourth-order valence-electron chi connectivity index (χ4n) is 3.65. The maximum absolute atomic E-state index is 12.9. The van der Waals surface area contributed by atoms with E-state index in [-0.39, 0.29) is 5.91 Å². The fraction of sp³-hybridized carbons (Fsp3) is 0.240. The lowest BCUT2D eigenvalue weighted by Crippen LogP contribution is -3.12. The molecule has 1 heterocycles. The van der Waals surface area contributed by atoms with Crippen molar-refractivity contribution in [3.05, 3.63) is 90.0 Å². The lowest BCUT2D eigenvalue weighted by atomic mass is 10.1. The van der Waals surface area contributed by atoms with Gasteiger partial charge in [0.1, 0.15) is 12.4 Å². The van der Waals surface area contributed by atoms with Gasteiger partial charge in [-0.3, -0.25) is 4.79 Å². The van der Waals surface area contributed by atoms with Crippen LogP contribution in [0.5, 0.6) is 5.75 Å². The molecule has 1 amide bonds. The molecule has 1 saturated heterocycles. The second-order valence-corrected chi connectivity index (χ2v) is 7.72. The van der Waals surface area contributed by atoms with Gasteiger partial charge in [0.15, 0.2) is 0 Å². The number of hydrogen-bond donors (Lipinski definition) is 2. The van der Waals surface area contributed by atoms with Gasteiger partial charge in [0.25, 0.3) is 5.91 Å². The van der Waals surface area contributed by atoms with Crippen LogP contribution in [0.4, 0.5) is 11.4 Å². The minimum absolute atomic E-state index is 0.132. The van der Waals surface area contributed by atoms with E-state index in [0.29, 0.717) is 17.9 Å². The monoisotopic (exact) mass is 402 g/mol. The van der Waals surface area contributed by atoms with E-state index in [9.17, 15) is 4.79 Å². The van der Waals surface area contributed by atoms with E-state index in [2.05, 4.69) is 23.3 Å². The minimum Gasteiger partial charge on any atom is -0.489 e. The molecule has 0 atom stereocenters. The molecule has 2 N–H and O–H groups in total. The average Bonchev–Trinajstić information content (AvgIpc) is 2.80. The number of anilines is 2. The summed E-state index contributed by atoms with van der Waals surface area (Å²) in [5.41, 5.74) is 3.60. The first-order valence-electron chi connectivity index (χ1n) is 10.4. The van der Waals surface area contributed by atoms with Crippen LogP contribution in [0.3, 0.4) is 0 Å². The van der Waals surface area contributed by atoms with Crippen LogP contribution in [0.1, 0.15) is 15.9 Å². The lowest BCUT2D eigenvalue weighted by molar-refractivity contribution is -0.880. The first-order valence-corrected chi connectivity index (χ1v) is 10.4. The maximum Gasteiger partial charge on any atom is 0.255 e. The Morgan fingerprint density at radius 1 is 0.967 bits per heavy atom. The Bertz CT molecular complexity index is 982. The van der Waals surface area contributed by atoms with Gasteiger partial charge in [-0.25, -0.2) is 0 Å². The zero-order valence-electron chi connectivity index (χ0n) is 17.3. The third-order valence-electron chi connectivity index (χ3n) is 5.45. The molecule has 0 spiro atoms. The summed E-state index contributed by atoms with van der Waals surface area (Å²) in [6.07, 6.45) is 0. The number of quaternary nitrogens is 1. The summed E-state index contributed by atoms with van der Waals surface area (Å²) in [7, 11) is 2.22. The molecule has 0 saturated carbocycles. The molecule has 3 aromatic rings. The number of para-hydroxylation sites is 2. The van der Waals surface area contributed by atoms with E-state index in [4.69, 9.17) is 4.74 Å². The van der Waals surface area contributed by atoms with E-state index in [1.807, 2.05) is 66.7 Å². The van der Waals surface area contributed by atoms with E-state index in [1.54, 1.807) is 11.0 Å². The van der Waals surface area contributed by atoms with Gasteiger partial charge in [-0.05, 0) is 35.9 Å². The van der Waals surface area contributed by atoms with Crippen molar-refractivity contribution in [3.63, 3.8) is 0 Å². The van der Waals surface area contributed by atoms with Crippen molar-refractivity contribution in [2.45, 2.75) is 6.61 Å². The molecular weight excluding hydrogens is 374 g/mol. The smallest absolute Gasteiger partial charge is 0.255 e. The van der Waals surface area contributed by atoms with Crippen LogP contribution in [0.25, 0.3) is 0 Å². The van der Waals surface area contributed by atoms with Gasteiger partial charge in [0, 0.05) is 5.56 Å². The Balaban J connectivity index is 1.44. The number of hydrogen-bond acceptors (Lipinski definition) is 3. The van der Waals surface area contributed by atoms with Gasteiger partial charge >= 0.3 is 0 Å². The van der Waals surface area contributed by atoms with E-state index in [0.717, 1.165) is 43.1 Å². The van der Waals surface area contributed by atoms with Crippen LogP contribution in [-0.2, 0) is 6.61 Å². The van der Waals surface area contributed by atoms with Gasteiger partial charge in [-0.1, -0.05) is 48.5 Å². The molecule has 5 heteroatoms. The standard InChI is InChI=1S/C25H27N3O2/c1-27-14-16-28(17-15-27)24-13-6-5-12-23(24)26-25(29)21-10-7-11-22(18-21)30-19-20-8-3-2-4-9-20/h2-13,18H,14-17,19H2,1H3,(H,26,29)/p+1. The summed E-state index contributed by atoms with van der Waals surface area (Å²) in [5.74, 6) is 0.550. The van der Waals surface area contributed by atoms with Crippen molar-refractivity contribution in [1.29, 1.82) is 0 Å². The van der Waals surface area contributed by atoms with Gasteiger partial charge in [-0.2, -0.15) is 0 Å². The second-order valence-electron chi connectivity index (χ2n) is 7.72. The molecule has 5 nitrogen and oxygen atoms in total. The Morgan fingerprint density at radius 3 is 2.50 bits per heavy atom. The highest BCUT2D eigenvalue weighted by molar-refractivity contribution is 6.06. The van der Waals surface area contributed by atoms with Crippen LogP contribution in [0.2, 0.25) is 0 Å². The van der Waals surface area contributed by atoms with Crippen molar-refractivity contribution in [3.8, 4) is 5.75 Å². The molecule has 0 aromatic heterocycles. The predicted octanol–water partition coefficient (Wildman–Crippen LogP) is 2.85. The highest BCUT2D eigenvalue weighted by atomic mass is 16.5. The van der Waals surface area contributed by atoms with E-state index >= 15 is 0 Å². The van der Waals surface area contributed by atoms with Crippen molar-refractivity contribution in [1.82, 2.24) is 0 Å². The summed E-state index contributed by atoms with van der Waals surface area (Å²) in [4.78, 5) is 16.8. The Kier molecular flexibility index (Phi) is 6.30. The van der Waals surface area contributed by atoms with Crippen molar-refractivity contribution in [2.24, 2.45) is 0 Å². The largest absolute Gasteiger partial charge is 0.489 e. The summed E-state index contributed by atoms with van der Waals surface area (Å²) >= 11 is 0. The van der Waals surface area contributed by atoms with Crippen molar-refractivity contribution < 1.29 is 14.4 Å². The first-order chi connectivity index (χ1) is 14.7. The molecular formula is C25H28N3O2+. The number of amides is 1. The number of rotatable bonds is 6. The fourth-order valence-corrected chi connectivity index (χ4v) is 3.65. The number of nitrogens with one attached hydrogen (secondary N) is 2. The zero-order chi connectivity index (χ0) is 20.8.